The van der Waals surface area contributed by atoms with Crippen LogP contribution >= 0.6 is 0 Å². The van der Waals surface area contributed by atoms with Gasteiger partial charge in [-0.25, -0.2) is 8.42 Å². The second-order valence-corrected chi connectivity index (χ2v) is 7.18. The van der Waals surface area contributed by atoms with Gasteiger partial charge in [-0.05, 0) is 57.1 Å². The van der Waals surface area contributed by atoms with Gasteiger partial charge >= 0.3 is 5.76 Å². The first kappa shape index (κ1) is 15.2. The third-order valence-electron chi connectivity index (χ3n) is 3.57. The van der Waals surface area contributed by atoms with Crippen molar-refractivity contribution in [2.75, 3.05) is 18.4 Å². The van der Waals surface area contributed by atoms with Gasteiger partial charge in [0.25, 0.3) is 0 Å². The van der Waals surface area contributed by atoms with Gasteiger partial charge in [-0.1, -0.05) is 0 Å². The van der Waals surface area contributed by atoms with Gasteiger partial charge in [-0.2, -0.15) is 8.78 Å². The lowest BCUT2D eigenvalue weighted by Gasteiger charge is -2.36. The van der Waals surface area contributed by atoms with Crippen LogP contribution in [0.2, 0.25) is 0 Å². The second kappa shape index (κ2) is 5.65. The molecule has 1 aromatic carbocycles. The molecule has 0 aliphatic carbocycles. The highest BCUT2D eigenvalue weighted by Gasteiger charge is 2.28. The summed E-state index contributed by atoms with van der Waals surface area (Å²) >= 11 is 0. The first-order valence-corrected chi connectivity index (χ1v) is 7.99. The summed E-state index contributed by atoms with van der Waals surface area (Å²) < 4.78 is 47.5. The lowest BCUT2D eigenvalue weighted by atomic mass is 9.90. The topological polar surface area (TPSA) is 58.2 Å². The quantitative estimate of drug-likeness (QED) is 0.895. The van der Waals surface area contributed by atoms with Crippen LogP contribution in [0.1, 0.15) is 19.8 Å². The van der Waals surface area contributed by atoms with Crippen LogP contribution in [0.25, 0.3) is 0 Å². The minimum atomic E-state index is -4.51. The average Bonchev–Trinajstić information content (AvgIpc) is 2.39. The van der Waals surface area contributed by atoms with Crippen molar-refractivity contribution in [2.24, 2.45) is 0 Å². The van der Waals surface area contributed by atoms with E-state index in [1.54, 1.807) is 0 Å². The molecule has 0 aromatic heterocycles. The Balaban J connectivity index is 2.13. The lowest BCUT2D eigenvalue weighted by molar-refractivity contribution is 0.234. The second-order valence-electron chi connectivity index (χ2n) is 5.27. The van der Waals surface area contributed by atoms with Crippen LogP contribution in [0, 0.1) is 0 Å². The summed E-state index contributed by atoms with van der Waals surface area (Å²) in [5.74, 6) is -3.39. The molecule has 4 nitrogen and oxygen atoms in total. The van der Waals surface area contributed by atoms with E-state index in [2.05, 4.69) is 17.6 Å². The molecule has 0 saturated carbocycles. The number of halogens is 2. The standard InChI is InChI=1S/C13H18F2N2O2S/c1-13(6-8-16-9-7-13)17-10-2-4-11(5-3-10)20(18,19)12(14)15/h2-5,12,16-17H,6-9H2,1H3. The summed E-state index contributed by atoms with van der Waals surface area (Å²) in [4.78, 5) is -0.353. The molecule has 0 spiro atoms. The Morgan fingerprint density at radius 2 is 1.75 bits per heavy atom. The highest BCUT2D eigenvalue weighted by atomic mass is 32.2. The fourth-order valence-electron chi connectivity index (χ4n) is 2.28. The minimum Gasteiger partial charge on any atom is -0.380 e. The molecule has 1 aliphatic heterocycles. The Bertz CT molecular complexity index is 552. The Hall–Kier alpha value is -1.21. The van der Waals surface area contributed by atoms with Crippen LogP contribution in [0.5, 0.6) is 0 Å². The van der Waals surface area contributed by atoms with Crippen LogP contribution in [-0.4, -0.2) is 32.8 Å². The van der Waals surface area contributed by atoms with Crippen molar-refractivity contribution in [1.29, 1.82) is 0 Å². The number of anilines is 1. The van der Waals surface area contributed by atoms with Gasteiger partial charge in [0.15, 0.2) is 0 Å². The van der Waals surface area contributed by atoms with Gasteiger partial charge in [0.1, 0.15) is 0 Å². The van der Waals surface area contributed by atoms with Gasteiger partial charge in [0, 0.05) is 11.2 Å². The number of rotatable bonds is 4. The fraction of sp³-hybridized carbons (Fsp3) is 0.538. The third-order valence-corrected chi connectivity index (χ3v) is 4.97. The lowest BCUT2D eigenvalue weighted by Crippen LogP contribution is -2.45. The number of alkyl halides is 2. The smallest absolute Gasteiger partial charge is 0.341 e. The van der Waals surface area contributed by atoms with E-state index < -0.39 is 15.6 Å². The van der Waals surface area contributed by atoms with Gasteiger partial charge in [0.05, 0.1) is 4.90 Å². The zero-order chi connectivity index (χ0) is 14.8. The molecule has 0 unspecified atom stereocenters. The Labute approximate surface area is 117 Å². The molecule has 1 fully saturated rings. The van der Waals surface area contributed by atoms with Gasteiger partial charge in [0.2, 0.25) is 9.84 Å². The summed E-state index contributed by atoms with van der Waals surface area (Å²) in [6.07, 6.45) is 1.90. The van der Waals surface area contributed by atoms with Crippen LogP contribution in [0.15, 0.2) is 29.2 Å². The van der Waals surface area contributed by atoms with Gasteiger partial charge in [-0.15, -0.1) is 0 Å². The minimum absolute atomic E-state index is 0.0612. The maximum absolute atomic E-state index is 12.4. The fourth-order valence-corrected chi connectivity index (χ4v) is 3.00. The van der Waals surface area contributed by atoms with E-state index in [9.17, 15) is 17.2 Å². The largest absolute Gasteiger partial charge is 0.380 e. The number of benzene rings is 1. The van der Waals surface area contributed by atoms with Crippen molar-refractivity contribution in [3.8, 4) is 0 Å². The molecule has 1 aromatic rings. The zero-order valence-electron chi connectivity index (χ0n) is 11.2. The first-order chi connectivity index (χ1) is 9.33. The van der Waals surface area contributed by atoms with Crippen molar-refractivity contribution >= 4 is 15.5 Å². The number of nitrogens with one attached hydrogen (secondary N) is 2. The predicted molar refractivity (Wildman–Crippen MR) is 73.8 cm³/mol. The van der Waals surface area contributed by atoms with E-state index in [4.69, 9.17) is 0 Å². The van der Waals surface area contributed by atoms with Crippen LogP contribution in [0.3, 0.4) is 0 Å². The monoisotopic (exact) mass is 304 g/mol. The van der Waals surface area contributed by atoms with Gasteiger partial charge in [-0.3, -0.25) is 0 Å². The summed E-state index contributed by atoms with van der Waals surface area (Å²) in [5.41, 5.74) is 0.677. The zero-order valence-corrected chi connectivity index (χ0v) is 12.0. The molecule has 7 heteroatoms. The van der Waals surface area contributed by atoms with Crippen molar-refractivity contribution in [3.05, 3.63) is 24.3 Å². The molecule has 1 saturated heterocycles. The van der Waals surface area contributed by atoms with Crippen molar-refractivity contribution in [3.63, 3.8) is 0 Å². The molecule has 1 aliphatic rings. The number of hydrogen-bond donors (Lipinski definition) is 2. The first-order valence-electron chi connectivity index (χ1n) is 6.45. The molecule has 2 N–H and O–H groups in total. The number of hydrogen-bond acceptors (Lipinski definition) is 4. The molecule has 0 amide bonds. The Kier molecular flexibility index (Phi) is 4.29. The normalized spacial score (nSPS) is 19.0. The van der Waals surface area contributed by atoms with E-state index in [-0.39, 0.29) is 10.4 Å². The van der Waals surface area contributed by atoms with Crippen molar-refractivity contribution < 1.29 is 17.2 Å². The number of sulfone groups is 1. The maximum atomic E-state index is 12.4. The average molecular weight is 304 g/mol. The van der Waals surface area contributed by atoms with E-state index in [0.717, 1.165) is 31.6 Å². The molecule has 1 heterocycles. The summed E-state index contributed by atoms with van der Waals surface area (Å²) in [6, 6.07) is 5.49. The Morgan fingerprint density at radius 3 is 2.25 bits per heavy atom. The van der Waals surface area contributed by atoms with Crippen LogP contribution in [0.4, 0.5) is 14.5 Å². The van der Waals surface area contributed by atoms with Crippen LogP contribution < -0.4 is 10.6 Å². The molecule has 2 rings (SSSR count). The number of piperidine rings is 1. The van der Waals surface area contributed by atoms with Crippen molar-refractivity contribution in [1.82, 2.24) is 5.32 Å². The van der Waals surface area contributed by atoms with E-state index in [1.165, 1.54) is 24.3 Å². The molecular weight excluding hydrogens is 286 g/mol. The Morgan fingerprint density at radius 1 is 1.20 bits per heavy atom. The maximum Gasteiger partial charge on any atom is 0.341 e. The summed E-state index contributed by atoms with van der Waals surface area (Å²) in [6.45, 7) is 3.93. The molecule has 20 heavy (non-hydrogen) atoms. The molecule has 0 bridgehead atoms. The van der Waals surface area contributed by atoms with Crippen molar-refractivity contribution in [2.45, 2.75) is 36.0 Å². The highest BCUT2D eigenvalue weighted by Crippen LogP contribution is 2.25. The molecule has 0 atom stereocenters. The van der Waals surface area contributed by atoms with E-state index in [0.29, 0.717) is 0 Å². The molecular formula is C13H18F2N2O2S. The SMILES string of the molecule is CC1(Nc2ccc(S(=O)(=O)C(F)F)cc2)CCNCC1. The van der Waals surface area contributed by atoms with E-state index in [1.807, 2.05) is 0 Å². The summed E-state index contributed by atoms with van der Waals surface area (Å²) in [7, 11) is -4.51. The van der Waals surface area contributed by atoms with Gasteiger partial charge < -0.3 is 10.6 Å². The molecule has 112 valence electrons. The predicted octanol–water partition coefficient (Wildman–Crippen LogP) is 2.24. The third kappa shape index (κ3) is 3.27. The summed E-state index contributed by atoms with van der Waals surface area (Å²) in [5, 5.41) is 6.61. The molecule has 0 radical (unpaired) electrons. The van der Waals surface area contributed by atoms with E-state index >= 15 is 0 Å². The highest BCUT2D eigenvalue weighted by molar-refractivity contribution is 7.91. The van der Waals surface area contributed by atoms with Crippen LogP contribution in [-0.2, 0) is 9.84 Å².